The van der Waals surface area contributed by atoms with Crippen LogP contribution >= 0.6 is 0 Å². The molecule has 0 radical (unpaired) electrons. The van der Waals surface area contributed by atoms with Crippen LogP contribution in [0, 0.1) is 0 Å². The van der Waals surface area contributed by atoms with Gasteiger partial charge in [0, 0.05) is 6.20 Å². The van der Waals surface area contributed by atoms with E-state index in [4.69, 9.17) is 0 Å². The second-order valence-corrected chi connectivity index (χ2v) is 1.79. The van der Waals surface area contributed by atoms with Crippen molar-refractivity contribution in [3.8, 4) is 0 Å². The molecule has 3 N–H and O–H groups in total. The number of carbonyl (C=O) groups excluding carboxylic acids is 2. The number of rotatable bonds is 1. The number of hydrogen-bond donors (Lipinski definition) is 2. The summed E-state index contributed by atoms with van der Waals surface area (Å²) in [6.45, 7) is 0. The van der Waals surface area contributed by atoms with Crippen molar-refractivity contribution in [1.29, 1.82) is 0 Å². The third-order valence-corrected chi connectivity index (χ3v) is 1.01. The monoisotopic (exact) mass is 154 g/mol. The molecule has 0 aliphatic rings. The molecule has 1 aromatic heterocycles. The van der Waals surface area contributed by atoms with Gasteiger partial charge in [0.15, 0.2) is 0 Å². The van der Waals surface area contributed by atoms with Gasteiger partial charge in [0.1, 0.15) is 5.69 Å². The molecule has 0 saturated heterocycles. The Hall–Kier alpha value is -1.78. The summed E-state index contributed by atoms with van der Waals surface area (Å²) in [4.78, 5) is 23.4. The number of nitrogens with one attached hydrogen (secondary N) is 1. The highest BCUT2D eigenvalue weighted by Gasteiger charge is 2.09. The van der Waals surface area contributed by atoms with Gasteiger partial charge in [-0.2, -0.15) is 0 Å². The summed E-state index contributed by atoms with van der Waals surface area (Å²) < 4.78 is 4.06. The average molecular weight is 154 g/mol. The third-order valence-electron chi connectivity index (χ3n) is 1.01. The first-order valence-electron chi connectivity index (χ1n) is 2.85. The lowest BCUT2D eigenvalue weighted by Gasteiger charge is -1.94. The highest BCUT2D eigenvalue weighted by molar-refractivity contribution is 5.94. The predicted octanol–water partition coefficient (Wildman–Crippen LogP) is 0.250. The zero-order valence-electron chi connectivity index (χ0n) is 5.53. The maximum Gasteiger partial charge on any atom is 0.412 e. The molecule has 0 fully saturated rings. The van der Waals surface area contributed by atoms with E-state index in [0.29, 0.717) is 0 Å². The van der Waals surface area contributed by atoms with Crippen LogP contribution < -0.4 is 5.73 Å². The van der Waals surface area contributed by atoms with E-state index in [2.05, 4.69) is 15.5 Å². The van der Waals surface area contributed by atoms with Gasteiger partial charge < -0.3 is 15.5 Å². The Kier molecular flexibility index (Phi) is 1.91. The highest BCUT2D eigenvalue weighted by Crippen LogP contribution is 1.96. The normalized spacial score (nSPS) is 9.09. The number of aromatic nitrogens is 1. The van der Waals surface area contributed by atoms with E-state index in [0.717, 1.165) is 0 Å². The molecule has 0 unspecified atom stereocenters. The van der Waals surface area contributed by atoms with Crippen LogP contribution in [0.2, 0.25) is 0 Å². The first kappa shape index (κ1) is 7.33. The molecule has 1 rings (SSSR count). The fourth-order valence-electron chi connectivity index (χ4n) is 0.604. The van der Waals surface area contributed by atoms with Crippen molar-refractivity contribution in [3.63, 3.8) is 0 Å². The van der Waals surface area contributed by atoms with Gasteiger partial charge in [-0.1, -0.05) is 0 Å². The molecular formula is C6H6N2O3. The van der Waals surface area contributed by atoms with Crippen LogP contribution in [-0.2, 0) is 4.74 Å². The lowest BCUT2D eigenvalue weighted by Crippen LogP contribution is -2.18. The average Bonchev–Trinajstić information content (AvgIpc) is 2.35. The van der Waals surface area contributed by atoms with E-state index >= 15 is 0 Å². The van der Waals surface area contributed by atoms with Crippen molar-refractivity contribution in [2.24, 2.45) is 5.73 Å². The minimum Gasteiger partial charge on any atom is -0.372 e. The van der Waals surface area contributed by atoms with Gasteiger partial charge in [-0.3, -0.25) is 0 Å². The van der Waals surface area contributed by atoms with Gasteiger partial charge in [-0.05, 0) is 12.1 Å². The molecule has 1 aromatic rings. The summed E-state index contributed by atoms with van der Waals surface area (Å²) in [6, 6.07) is 3.09. The molecule has 58 valence electrons. The van der Waals surface area contributed by atoms with Gasteiger partial charge in [0.2, 0.25) is 0 Å². The molecule has 0 atom stereocenters. The van der Waals surface area contributed by atoms with Crippen molar-refractivity contribution in [2.45, 2.75) is 0 Å². The van der Waals surface area contributed by atoms with E-state index in [1.165, 1.54) is 12.3 Å². The number of hydrogen-bond acceptors (Lipinski definition) is 3. The molecule has 0 spiro atoms. The van der Waals surface area contributed by atoms with Crippen LogP contribution in [0.5, 0.6) is 0 Å². The Bertz CT molecular complexity index is 265. The zero-order chi connectivity index (χ0) is 8.27. The van der Waals surface area contributed by atoms with Gasteiger partial charge >= 0.3 is 12.1 Å². The zero-order valence-corrected chi connectivity index (χ0v) is 5.53. The molecule has 0 saturated carbocycles. The smallest absolute Gasteiger partial charge is 0.372 e. The summed E-state index contributed by atoms with van der Waals surface area (Å²) in [5, 5.41) is 0. The number of primary amides is 1. The first-order chi connectivity index (χ1) is 5.20. The van der Waals surface area contributed by atoms with Crippen molar-refractivity contribution >= 4 is 12.1 Å². The Morgan fingerprint density at radius 1 is 1.55 bits per heavy atom. The lowest BCUT2D eigenvalue weighted by molar-refractivity contribution is 0.0633. The number of aromatic amines is 1. The number of amides is 1. The Morgan fingerprint density at radius 2 is 2.27 bits per heavy atom. The molecule has 0 aliphatic carbocycles. The fraction of sp³-hybridized carbons (Fsp3) is 0. The number of nitrogens with two attached hydrogens (primary N) is 1. The molecule has 11 heavy (non-hydrogen) atoms. The van der Waals surface area contributed by atoms with E-state index < -0.39 is 12.1 Å². The Labute approximate surface area is 62.1 Å². The fourth-order valence-corrected chi connectivity index (χ4v) is 0.604. The summed E-state index contributed by atoms with van der Waals surface area (Å²) in [5.41, 5.74) is 4.80. The van der Waals surface area contributed by atoms with E-state index in [-0.39, 0.29) is 5.69 Å². The maximum absolute atomic E-state index is 10.8. The van der Waals surface area contributed by atoms with Crippen LogP contribution in [0.25, 0.3) is 0 Å². The van der Waals surface area contributed by atoms with E-state index in [9.17, 15) is 9.59 Å². The van der Waals surface area contributed by atoms with E-state index in [1.54, 1.807) is 6.07 Å². The molecule has 0 aliphatic heterocycles. The summed E-state index contributed by atoms with van der Waals surface area (Å²) in [7, 11) is 0. The lowest BCUT2D eigenvalue weighted by atomic mass is 10.4. The molecular weight excluding hydrogens is 148 g/mol. The Morgan fingerprint density at radius 3 is 2.73 bits per heavy atom. The van der Waals surface area contributed by atoms with Crippen molar-refractivity contribution in [2.75, 3.05) is 0 Å². The quantitative estimate of drug-likeness (QED) is 0.449. The minimum atomic E-state index is -1.11. The highest BCUT2D eigenvalue weighted by atomic mass is 16.6. The SMILES string of the molecule is NC(=O)OC(=O)c1ccc[nH]1. The van der Waals surface area contributed by atoms with Crippen LogP contribution in [-0.4, -0.2) is 17.0 Å². The van der Waals surface area contributed by atoms with Gasteiger partial charge in [-0.25, -0.2) is 9.59 Å². The predicted molar refractivity (Wildman–Crippen MR) is 35.8 cm³/mol. The molecule has 1 amide bonds. The second kappa shape index (κ2) is 2.87. The van der Waals surface area contributed by atoms with Crippen LogP contribution in [0.3, 0.4) is 0 Å². The van der Waals surface area contributed by atoms with Crippen LogP contribution in [0.4, 0.5) is 4.79 Å². The third kappa shape index (κ3) is 1.82. The molecule has 0 aromatic carbocycles. The van der Waals surface area contributed by atoms with Gasteiger partial charge in [0.25, 0.3) is 0 Å². The summed E-state index contributed by atoms with van der Waals surface area (Å²) in [6.07, 6.45) is 0.432. The largest absolute Gasteiger partial charge is 0.412 e. The summed E-state index contributed by atoms with van der Waals surface area (Å²) in [5.74, 6) is -0.775. The number of carbonyl (C=O) groups is 2. The van der Waals surface area contributed by atoms with Gasteiger partial charge in [0.05, 0.1) is 0 Å². The summed E-state index contributed by atoms with van der Waals surface area (Å²) >= 11 is 0. The number of esters is 1. The standard InChI is InChI=1S/C6H6N2O3/c7-6(10)11-5(9)4-2-1-3-8-4/h1-3,8H,(H2,7,10). The molecule has 0 bridgehead atoms. The topological polar surface area (TPSA) is 85.2 Å². The van der Waals surface area contributed by atoms with Crippen LogP contribution in [0.1, 0.15) is 10.5 Å². The van der Waals surface area contributed by atoms with Crippen molar-refractivity contribution in [1.82, 2.24) is 4.98 Å². The van der Waals surface area contributed by atoms with Crippen LogP contribution in [0.15, 0.2) is 18.3 Å². The van der Waals surface area contributed by atoms with Crippen molar-refractivity contribution < 1.29 is 14.3 Å². The van der Waals surface area contributed by atoms with E-state index in [1.807, 2.05) is 0 Å². The van der Waals surface area contributed by atoms with Crippen molar-refractivity contribution in [3.05, 3.63) is 24.0 Å². The number of ether oxygens (including phenoxy) is 1. The molecule has 5 nitrogen and oxygen atoms in total. The second-order valence-electron chi connectivity index (χ2n) is 1.79. The first-order valence-corrected chi connectivity index (χ1v) is 2.85. The molecule has 5 heteroatoms. The number of H-pyrrole nitrogens is 1. The van der Waals surface area contributed by atoms with Gasteiger partial charge in [-0.15, -0.1) is 0 Å². The minimum absolute atomic E-state index is 0.198. The Balaban J connectivity index is 2.64. The molecule has 1 heterocycles. The maximum atomic E-state index is 10.8.